The number of carbonyl (C=O) groups is 1. The maximum absolute atomic E-state index is 12.8. The number of nitrogens with zero attached hydrogens (tertiary/aromatic N) is 1. The van der Waals surface area contributed by atoms with E-state index in [2.05, 4.69) is 11.3 Å². The van der Waals surface area contributed by atoms with Crippen molar-refractivity contribution in [3.63, 3.8) is 0 Å². The summed E-state index contributed by atoms with van der Waals surface area (Å²) in [5, 5.41) is 0. The standard InChI is InChI=1S/C17H19ClN2O3S2/c1-4-9-20(11-14-7-8-16(18)24-14)17(21)13-6-5-12(2)15(10-13)19-25(3,22)23/h4-8,10,19H,1,9,11H2,2-3H3. The predicted octanol–water partition coefficient (Wildman–Crippen LogP) is 3.91. The SMILES string of the molecule is C=CCN(Cc1ccc(Cl)s1)C(=O)c1ccc(C)c(NS(C)(=O)=O)c1. The van der Waals surface area contributed by atoms with Crippen LogP contribution in [-0.4, -0.2) is 32.0 Å². The van der Waals surface area contributed by atoms with Crippen LogP contribution in [0.4, 0.5) is 5.69 Å². The Hall–Kier alpha value is -1.83. The second-order valence-electron chi connectivity index (χ2n) is 5.58. The summed E-state index contributed by atoms with van der Waals surface area (Å²) in [4.78, 5) is 15.4. The van der Waals surface area contributed by atoms with Crippen LogP contribution < -0.4 is 4.72 Å². The summed E-state index contributed by atoms with van der Waals surface area (Å²) in [7, 11) is -3.42. The van der Waals surface area contributed by atoms with Gasteiger partial charge in [-0.1, -0.05) is 23.7 Å². The van der Waals surface area contributed by atoms with E-state index >= 15 is 0 Å². The Labute approximate surface area is 157 Å². The summed E-state index contributed by atoms with van der Waals surface area (Å²) in [6.45, 7) is 6.25. The van der Waals surface area contributed by atoms with Crippen molar-refractivity contribution in [1.82, 2.24) is 4.90 Å². The zero-order chi connectivity index (χ0) is 18.6. The average molecular weight is 399 g/mol. The van der Waals surface area contributed by atoms with Crippen molar-refractivity contribution in [1.29, 1.82) is 0 Å². The van der Waals surface area contributed by atoms with Crippen LogP contribution in [0.3, 0.4) is 0 Å². The van der Waals surface area contributed by atoms with E-state index in [0.717, 1.165) is 16.7 Å². The van der Waals surface area contributed by atoms with Crippen LogP contribution in [-0.2, 0) is 16.6 Å². The molecule has 0 bridgehead atoms. The van der Waals surface area contributed by atoms with Crippen LogP contribution in [0.15, 0.2) is 43.0 Å². The molecule has 134 valence electrons. The van der Waals surface area contributed by atoms with E-state index in [1.807, 2.05) is 6.07 Å². The Balaban J connectivity index is 2.29. The van der Waals surface area contributed by atoms with Crippen molar-refractivity contribution in [2.24, 2.45) is 0 Å². The zero-order valence-electron chi connectivity index (χ0n) is 14.0. The number of nitrogens with one attached hydrogen (secondary N) is 1. The third-order valence-corrected chi connectivity index (χ3v) is 5.20. The number of aryl methyl sites for hydroxylation is 1. The second-order valence-corrected chi connectivity index (χ2v) is 9.13. The third-order valence-electron chi connectivity index (χ3n) is 3.39. The molecule has 0 aliphatic rings. The van der Waals surface area contributed by atoms with Gasteiger partial charge in [0.2, 0.25) is 10.0 Å². The average Bonchev–Trinajstić information content (AvgIpc) is 2.92. The molecule has 25 heavy (non-hydrogen) atoms. The molecule has 0 aliphatic heterocycles. The molecule has 0 fully saturated rings. The Morgan fingerprint density at radius 1 is 1.36 bits per heavy atom. The van der Waals surface area contributed by atoms with Crippen LogP contribution in [0.5, 0.6) is 0 Å². The van der Waals surface area contributed by atoms with Gasteiger partial charge in [0.1, 0.15) is 0 Å². The molecule has 0 aliphatic carbocycles. The molecule has 0 radical (unpaired) electrons. The molecule has 0 saturated carbocycles. The van der Waals surface area contributed by atoms with Crippen LogP contribution in [0.1, 0.15) is 20.8 Å². The zero-order valence-corrected chi connectivity index (χ0v) is 16.3. The Morgan fingerprint density at radius 2 is 2.08 bits per heavy atom. The number of hydrogen-bond donors (Lipinski definition) is 1. The van der Waals surface area contributed by atoms with Crippen LogP contribution in [0.25, 0.3) is 0 Å². The van der Waals surface area contributed by atoms with Gasteiger partial charge in [-0.2, -0.15) is 0 Å². The Kier molecular flexibility index (Phi) is 6.26. The molecule has 0 saturated heterocycles. The molecule has 1 aromatic carbocycles. The lowest BCUT2D eigenvalue weighted by molar-refractivity contribution is 0.0764. The predicted molar refractivity (Wildman–Crippen MR) is 104 cm³/mol. The van der Waals surface area contributed by atoms with Gasteiger partial charge in [-0.25, -0.2) is 8.42 Å². The number of benzene rings is 1. The minimum Gasteiger partial charge on any atom is -0.330 e. The van der Waals surface area contributed by atoms with Gasteiger partial charge < -0.3 is 4.90 Å². The monoisotopic (exact) mass is 398 g/mol. The molecule has 2 aromatic rings. The molecule has 5 nitrogen and oxygen atoms in total. The molecular formula is C17H19ClN2O3S2. The first-order chi connectivity index (χ1) is 11.7. The highest BCUT2D eigenvalue weighted by molar-refractivity contribution is 7.92. The lowest BCUT2D eigenvalue weighted by Gasteiger charge is -2.21. The molecule has 0 spiro atoms. The van der Waals surface area contributed by atoms with Gasteiger partial charge >= 0.3 is 0 Å². The summed E-state index contributed by atoms with van der Waals surface area (Å²) >= 11 is 7.36. The molecule has 0 atom stereocenters. The fourth-order valence-corrected chi connectivity index (χ4v) is 3.97. The normalized spacial score (nSPS) is 11.2. The first-order valence-electron chi connectivity index (χ1n) is 7.42. The van der Waals surface area contributed by atoms with Crippen molar-refractivity contribution < 1.29 is 13.2 Å². The molecule has 1 N–H and O–H groups in total. The largest absolute Gasteiger partial charge is 0.330 e. The highest BCUT2D eigenvalue weighted by Crippen LogP contribution is 2.24. The fraction of sp³-hybridized carbons (Fsp3) is 0.235. The van der Waals surface area contributed by atoms with Crippen molar-refractivity contribution >= 4 is 44.6 Å². The number of thiophene rings is 1. The molecule has 1 aromatic heterocycles. The summed E-state index contributed by atoms with van der Waals surface area (Å²) in [5.41, 5.74) is 1.54. The van der Waals surface area contributed by atoms with Gasteiger partial charge in [0, 0.05) is 17.0 Å². The molecule has 8 heteroatoms. The maximum atomic E-state index is 12.8. The van der Waals surface area contributed by atoms with E-state index in [9.17, 15) is 13.2 Å². The highest BCUT2D eigenvalue weighted by Gasteiger charge is 2.17. The molecule has 2 rings (SSSR count). The van der Waals surface area contributed by atoms with E-state index < -0.39 is 10.0 Å². The Morgan fingerprint density at radius 3 is 2.64 bits per heavy atom. The van der Waals surface area contributed by atoms with Gasteiger partial charge in [0.15, 0.2) is 0 Å². The second kappa shape index (κ2) is 8.03. The number of sulfonamides is 1. The van der Waals surface area contributed by atoms with Crippen molar-refractivity contribution in [2.45, 2.75) is 13.5 Å². The smallest absolute Gasteiger partial charge is 0.254 e. The van der Waals surface area contributed by atoms with Crippen LogP contribution in [0, 0.1) is 6.92 Å². The van der Waals surface area contributed by atoms with Crippen molar-refractivity contribution in [2.75, 3.05) is 17.5 Å². The molecule has 1 heterocycles. The molecule has 1 amide bonds. The molecular weight excluding hydrogens is 380 g/mol. The van der Waals surface area contributed by atoms with Crippen LogP contribution >= 0.6 is 22.9 Å². The van der Waals surface area contributed by atoms with Gasteiger partial charge in [0.05, 0.1) is 22.8 Å². The quantitative estimate of drug-likeness (QED) is 0.719. The van der Waals surface area contributed by atoms with Gasteiger partial charge in [-0.3, -0.25) is 9.52 Å². The summed E-state index contributed by atoms with van der Waals surface area (Å²) in [5.74, 6) is -0.207. The number of amides is 1. The first kappa shape index (κ1) is 19.5. The van der Waals surface area contributed by atoms with E-state index in [4.69, 9.17) is 11.6 Å². The summed E-state index contributed by atoms with van der Waals surface area (Å²) in [6.07, 6.45) is 2.72. The lowest BCUT2D eigenvalue weighted by atomic mass is 10.1. The maximum Gasteiger partial charge on any atom is 0.254 e. The Bertz CT molecular complexity index is 891. The number of rotatable bonds is 7. The minimum absolute atomic E-state index is 0.207. The minimum atomic E-state index is -3.42. The van der Waals surface area contributed by atoms with Crippen LogP contribution in [0.2, 0.25) is 4.34 Å². The van der Waals surface area contributed by atoms with Crippen molar-refractivity contribution in [3.05, 3.63) is 63.3 Å². The number of anilines is 1. The lowest BCUT2D eigenvalue weighted by Crippen LogP contribution is -2.30. The highest BCUT2D eigenvalue weighted by atomic mass is 35.5. The van der Waals surface area contributed by atoms with Gasteiger partial charge in [0.25, 0.3) is 5.91 Å². The molecule has 0 unspecified atom stereocenters. The third kappa shape index (κ3) is 5.59. The summed E-state index contributed by atoms with van der Waals surface area (Å²) < 4.78 is 26.1. The van der Waals surface area contributed by atoms with Crippen molar-refractivity contribution in [3.8, 4) is 0 Å². The summed E-state index contributed by atoms with van der Waals surface area (Å²) in [6, 6.07) is 8.62. The first-order valence-corrected chi connectivity index (χ1v) is 10.5. The van der Waals surface area contributed by atoms with Gasteiger partial charge in [-0.15, -0.1) is 17.9 Å². The van der Waals surface area contributed by atoms with E-state index in [0.29, 0.717) is 28.7 Å². The van der Waals surface area contributed by atoms with E-state index in [1.165, 1.54) is 11.3 Å². The van der Waals surface area contributed by atoms with Gasteiger partial charge in [-0.05, 0) is 36.8 Å². The fourth-order valence-electron chi connectivity index (χ4n) is 2.25. The van der Waals surface area contributed by atoms with E-state index in [1.54, 1.807) is 42.2 Å². The van der Waals surface area contributed by atoms with E-state index in [-0.39, 0.29) is 5.91 Å². The number of hydrogen-bond acceptors (Lipinski definition) is 4. The topological polar surface area (TPSA) is 66.5 Å². The number of carbonyl (C=O) groups excluding carboxylic acids is 1. The number of halogens is 1.